The summed E-state index contributed by atoms with van der Waals surface area (Å²) in [7, 11) is 2.19. The minimum atomic E-state index is 0.123. The number of hydrogen-bond donors (Lipinski definition) is 1. The lowest BCUT2D eigenvalue weighted by Crippen LogP contribution is -2.36. The topological polar surface area (TPSA) is 15.3 Å². The minimum Gasteiger partial charge on any atom is -0.371 e. The Hall–Kier alpha value is -0.730. The molecule has 0 amide bonds. The van der Waals surface area contributed by atoms with E-state index in [-0.39, 0.29) is 5.54 Å². The first kappa shape index (κ1) is 15.7. The van der Waals surface area contributed by atoms with Gasteiger partial charge >= 0.3 is 0 Å². The molecule has 3 heteroatoms. The zero-order valence-electron chi connectivity index (χ0n) is 13.3. The highest BCUT2D eigenvalue weighted by atomic mass is 35.5. The van der Waals surface area contributed by atoms with E-state index in [0.29, 0.717) is 6.04 Å². The molecule has 2 rings (SSSR count). The third-order valence-corrected chi connectivity index (χ3v) is 4.39. The molecule has 1 aliphatic rings. The average Bonchev–Trinajstić information content (AvgIpc) is 3.18. The molecule has 1 unspecified atom stereocenters. The normalized spacial score (nSPS) is 17.1. The van der Waals surface area contributed by atoms with Crippen molar-refractivity contribution < 1.29 is 0 Å². The molecule has 1 aromatic carbocycles. The highest BCUT2D eigenvalue weighted by Crippen LogP contribution is 2.37. The van der Waals surface area contributed by atoms with E-state index in [4.69, 9.17) is 11.6 Å². The van der Waals surface area contributed by atoms with Crippen molar-refractivity contribution in [1.29, 1.82) is 0 Å². The second kappa shape index (κ2) is 5.95. The van der Waals surface area contributed by atoms with Gasteiger partial charge in [-0.2, -0.15) is 0 Å². The Kier molecular flexibility index (Phi) is 4.66. The molecule has 1 aliphatic carbocycles. The quantitative estimate of drug-likeness (QED) is 0.862. The molecule has 0 aliphatic heterocycles. The van der Waals surface area contributed by atoms with E-state index in [2.05, 4.69) is 57.1 Å². The van der Waals surface area contributed by atoms with Gasteiger partial charge in [0.25, 0.3) is 0 Å². The molecule has 1 saturated carbocycles. The molecular weight excluding hydrogens is 268 g/mol. The molecule has 0 heterocycles. The zero-order chi connectivity index (χ0) is 14.9. The van der Waals surface area contributed by atoms with Gasteiger partial charge in [-0.1, -0.05) is 17.7 Å². The standard InChI is InChI=1S/C17H27ClN2/c1-12(13-6-7-13)20(5)16-10-15(18)9-8-14(16)11-19-17(2,3)4/h8-10,12-13,19H,6-7,11H2,1-5H3. The van der Waals surface area contributed by atoms with Crippen molar-refractivity contribution in [3.8, 4) is 0 Å². The van der Waals surface area contributed by atoms with E-state index in [1.165, 1.54) is 24.1 Å². The van der Waals surface area contributed by atoms with Gasteiger partial charge in [0.05, 0.1) is 0 Å². The Morgan fingerprint density at radius 3 is 2.55 bits per heavy atom. The van der Waals surface area contributed by atoms with Crippen LogP contribution in [0.5, 0.6) is 0 Å². The smallest absolute Gasteiger partial charge is 0.0426 e. The van der Waals surface area contributed by atoms with E-state index in [0.717, 1.165) is 17.5 Å². The van der Waals surface area contributed by atoms with Crippen molar-refractivity contribution in [3.05, 3.63) is 28.8 Å². The second-order valence-electron chi connectivity index (χ2n) is 7.07. The van der Waals surface area contributed by atoms with Crippen LogP contribution in [-0.2, 0) is 6.54 Å². The predicted octanol–water partition coefficient (Wildman–Crippen LogP) is 4.46. The molecule has 0 spiro atoms. The number of rotatable bonds is 5. The van der Waals surface area contributed by atoms with Crippen LogP contribution in [0.15, 0.2) is 18.2 Å². The molecule has 0 radical (unpaired) electrons. The molecule has 0 aromatic heterocycles. The van der Waals surface area contributed by atoms with Crippen molar-refractivity contribution in [1.82, 2.24) is 5.32 Å². The van der Waals surface area contributed by atoms with Crippen LogP contribution in [0.25, 0.3) is 0 Å². The Morgan fingerprint density at radius 2 is 2.00 bits per heavy atom. The van der Waals surface area contributed by atoms with Gasteiger partial charge in [-0.05, 0) is 64.2 Å². The van der Waals surface area contributed by atoms with Crippen molar-refractivity contribution in [2.45, 2.75) is 58.7 Å². The van der Waals surface area contributed by atoms with E-state index in [1.807, 2.05) is 6.07 Å². The van der Waals surface area contributed by atoms with Crippen LogP contribution in [0.3, 0.4) is 0 Å². The maximum absolute atomic E-state index is 6.20. The molecule has 0 saturated heterocycles. The van der Waals surface area contributed by atoms with E-state index in [1.54, 1.807) is 0 Å². The van der Waals surface area contributed by atoms with E-state index >= 15 is 0 Å². The van der Waals surface area contributed by atoms with Gasteiger partial charge in [-0.25, -0.2) is 0 Å². The zero-order valence-corrected chi connectivity index (χ0v) is 14.1. The van der Waals surface area contributed by atoms with E-state index in [9.17, 15) is 0 Å². The summed E-state index contributed by atoms with van der Waals surface area (Å²) < 4.78 is 0. The molecule has 1 N–H and O–H groups in total. The lowest BCUT2D eigenvalue weighted by molar-refractivity contribution is 0.424. The van der Waals surface area contributed by atoms with Gasteiger partial charge in [-0.3, -0.25) is 0 Å². The summed E-state index contributed by atoms with van der Waals surface area (Å²) in [5, 5.41) is 4.38. The number of anilines is 1. The summed E-state index contributed by atoms with van der Waals surface area (Å²) in [6.07, 6.45) is 2.73. The SMILES string of the molecule is CC(C1CC1)N(C)c1cc(Cl)ccc1CNC(C)(C)C. The van der Waals surface area contributed by atoms with E-state index < -0.39 is 0 Å². The van der Waals surface area contributed by atoms with Crippen LogP contribution in [0, 0.1) is 5.92 Å². The van der Waals surface area contributed by atoms with Crippen molar-refractivity contribution in [2.75, 3.05) is 11.9 Å². The Balaban J connectivity index is 2.18. The van der Waals surface area contributed by atoms with Gasteiger partial charge in [0.2, 0.25) is 0 Å². The largest absolute Gasteiger partial charge is 0.371 e. The van der Waals surface area contributed by atoms with Gasteiger partial charge in [-0.15, -0.1) is 0 Å². The molecule has 2 nitrogen and oxygen atoms in total. The minimum absolute atomic E-state index is 0.123. The third kappa shape index (κ3) is 4.13. The molecule has 20 heavy (non-hydrogen) atoms. The monoisotopic (exact) mass is 294 g/mol. The van der Waals surface area contributed by atoms with Crippen LogP contribution < -0.4 is 10.2 Å². The summed E-state index contributed by atoms with van der Waals surface area (Å²) in [6.45, 7) is 9.77. The van der Waals surface area contributed by atoms with Crippen LogP contribution in [0.2, 0.25) is 5.02 Å². The maximum Gasteiger partial charge on any atom is 0.0426 e. The van der Waals surface area contributed by atoms with Gasteiger partial charge < -0.3 is 10.2 Å². The number of nitrogens with one attached hydrogen (secondary N) is 1. The second-order valence-corrected chi connectivity index (χ2v) is 7.50. The number of hydrogen-bond acceptors (Lipinski definition) is 2. The number of benzene rings is 1. The van der Waals surface area contributed by atoms with Gasteiger partial charge in [0.1, 0.15) is 0 Å². The van der Waals surface area contributed by atoms with Crippen molar-refractivity contribution in [2.24, 2.45) is 5.92 Å². The number of nitrogens with zero attached hydrogens (tertiary/aromatic N) is 1. The Labute approximate surface area is 128 Å². The summed E-state index contributed by atoms with van der Waals surface area (Å²) in [5.41, 5.74) is 2.70. The summed E-state index contributed by atoms with van der Waals surface area (Å²) >= 11 is 6.20. The van der Waals surface area contributed by atoms with Crippen molar-refractivity contribution >= 4 is 17.3 Å². The Morgan fingerprint density at radius 1 is 1.35 bits per heavy atom. The Bertz CT molecular complexity index is 461. The molecule has 1 fully saturated rings. The van der Waals surface area contributed by atoms with Crippen LogP contribution >= 0.6 is 11.6 Å². The molecular formula is C17H27ClN2. The van der Waals surface area contributed by atoms with Gasteiger partial charge in [0.15, 0.2) is 0 Å². The molecule has 1 atom stereocenters. The highest BCUT2D eigenvalue weighted by molar-refractivity contribution is 6.30. The van der Waals surface area contributed by atoms with Crippen LogP contribution in [0.1, 0.15) is 46.1 Å². The lowest BCUT2D eigenvalue weighted by atomic mass is 10.1. The maximum atomic E-state index is 6.20. The predicted molar refractivity (Wildman–Crippen MR) is 88.6 cm³/mol. The highest BCUT2D eigenvalue weighted by Gasteiger charge is 2.31. The fraction of sp³-hybridized carbons (Fsp3) is 0.647. The fourth-order valence-corrected chi connectivity index (χ4v) is 2.66. The molecule has 0 bridgehead atoms. The average molecular weight is 295 g/mol. The number of halogens is 1. The first-order valence-electron chi connectivity index (χ1n) is 7.54. The summed E-state index contributed by atoms with van der Waals surface area (Å²) in [4.78, 5) is 2.39. The van der Waals surface area contributed by atoms with Gasteiger partial charge in [0, 0.05) is 35.9 Å². The van der Waals surface area contributed by atoms with Crippen molar-refractivity contribution in [3.63, 3.8) is 0 Å². The fourth-order valence-electron chi connectivity index (χ4n) is 2.49. The molecule has 1 aromatic rings. The van der Waals surface area contributed by atoms with Crippen LogP contribution in [0.4, 0.5) is 5.69 Å². The lowest BCUT2D eigenvalue weighted by Gasteiger charge is -2.30. The first-order valence-corrected chi connectivity index (χ1v) is 7.92. The third-order valence-electron chi connectivity index (χ3n) is 4.15. The summed E-state index contributed by atoms with van der Waals surface area (Å²) in [6, 6.07) is 6.81. The first-order chi connectivity index (χ1) is 9.28. The molecule has 112 valence electrons. The van der Waals surface area contributed by atoms with Crippen LogP contribution in [-0.4, -0.2) is 18.6 Å². The summed E-state index contributed by atoms with van der Waals surface area (Å²) in [5.74, 6) is 0.849.